The fourth-order valence-corrected chi connectivity index (χ4v) is 4.37. The molecule has 0 saturated carbocycles. The van der Waals surface area contributed by atoms with Crippen LogP contribution in [0.5, 0.6) is 0 Å². The summed E-state index contributed by atoms with van der Waals surface area (Å²) in [5.74, 6) is 2.87. The second-order valence-electron chi connectivity index (χ2n) is 6.22. The van der Waals surface area contributed by atoms with Crippen LogP contribution in [0.4, 0.5) is 0 Å². The number of carbonyl (C=O) groups is 1. The van der Waals surface area contributed by atoms with Gasteiger partial charge in [0.1, 0.15) is 0 Å². The van der Waals surface area contributed by atoms with Crippen LogP contribution in [-0.4, -0.2) is 69.6 Å². The Balaban J connectivity index is 1.36. The maximum Gasteiger partial charge on any atom is 0.222 e. The molecule has 1 aromatic rings. The number of piperidine rings is 1. The number of rotatable bonds is 5. The lowest BCUT2D eigenvalue weighted by Gasteiger charge is -2.40. The summed E-state index contributed by atoms with van der Waals surface area (Å²) in [5.41, 5.74) is 1.19. The van der Waals surface area contributed by atoms with E-state index in [1.807, 2.05) is 12.4 Å². The van der Waals surface area contributed by atoms with Crippen LogP contribution in [0.1, 0.15) is 31.2 Å². The number of aromatic amines is 1. The van der Waals surface area contributed by atoms with Crippen molar-refractivity contribution in [1.82, 2.24) is 20.0 Å². The SMILES string of the molecule is O=C(CCCc1cn[nH]c1)N1CCC(N2CCSCC2)CC1. The molecule has 1 aromatic heterocycles. The standard InChI is InChI=1S/C16H26N4OS/c21-16(3-1-2-14-12-17-18-13-14)20-6-4-15(5-7-20)19-8-10-22-11-9-19/h12-13,15H,1-11H2,(H,17,18). The first kappa shape index (κ1) is 15.9. The molecule has 0 spiro atoms. The molecule has 2 aliphatic heterocycles. The molecular weight excluding hydrogens is 296 g/mol. The minimum atomic E-state index is 0.330. The van der Waals surface area contributed by atoms with Crippen molar-refractivity contribution in [3.05, 3.63) is 18.0 Å². The van der Waals surface area contributed by atoms with Gasteiger partial charge in [-0.1, -0.05) is 0 Å². The van der Waals surface area contributed by atoms with Crippen LogP contribution >= 0.6 is 11.8 Å². The Bertz CT molecular complexity index is 451. The van der Waals surface area contributed by atoms with Gasteiger partial charge in [-0.2, -0.15) is 16.9 Å². The van der Waals surface area contributed by atoms with Crippen molar-refractivity contribution in [1.29, 1.82) is 0 Å². The van der Waals surface area contributed by atoms with E-state index in [4.69, 9.17) is 0 Å². The Kier molecular flexibility index (Phi) is 5.78. The Morgan fingerprint density at radius 3 is 2.73 bits per heavy atom. The first-order chi connectivity index (χ1) is 10.8. The summed E-state index contributed by atoms with van der Waals surface area (Å²) in [4.78, 5) is 17.0. The third-order valence-corrected chi connectivity index (χ3v) is 5.73. The van der Waals surface area contributed by atoms with E-state index in [0.717, 1.165) is 38.8 Å². The molecule has 22 heavy (non-hydrogen) atoms. The number of hydrogen-bond acceptors (Lipinski definition) is 4. The predicted octanol–water partition coefficient (Wildman–Crippen LogP) is 1.77. The zero-order chi connectivity index (χ0) is 15.2. The molecule has 0 radical (unpaired) electrons. The summed E-state index contributed by atoms with van der Waals surface area (Å²) in [6.07, 6.45) is 8.57. The van der Waals surface area contributed by atoms with Gasteiger partial charge < -0.3 is 4.90 Å². The second kappa shape index (κ2) is 8.02. The molecule has 3 heterocycles. The van der Waals surface area contributed by atoms with Gasteiger partial charge in [0, 0.05) is 56.3 Å². The molecule has 122 valence electrons. The lowest BCUT2D eigenvalue weighted by Crippen LogP contribution is -2.49. The number of amides is 1. The maximum absolute atomic E-state index is 12.3. The van der Waals surface area contributed by atoms with Gasteiger partial charge in [0.05, 0.1) is 6.20 Å². The molecule has 0 unspecified atom stereocenters. The van der Waals surface area contributed by atoms with Gasteiger partial charge in [-0.25, -0.2) is 0 Å². The molecule has 2 fully saturated rings. The minimum Gasteiger partial charge on any atom is -0.343 e. The molecule has 0 aliphatic carbocycles. The summed E-state index contributed by atoms with van der Waals surface area (Å²) in [5, 5.41) is 6.75. The lowest BCUT2D eigenvalue weighted by molar-refractivity contribution is -0.132. The van der Waals surface area contributed by atoms with Gasteiger partial charge in [0.25, 0.3) is 0 Å². The van der Waals surface area contributed by atoms with E-state index in [1.54, 1.807) is 0 Å². The number of hydrogen-bond donors (Lipinski definition) is 1. The molecule has 0 atom stereocenters. The highest BCUT2D eigenvalue weighted by molar-refractivity contribution is 7.99. The molecule has 2 aliphatic rings. The summed E-state index contributed by atoms with van der Waals surface area (Å²) < 4.78 is 0. The smallest absolute Gasteiger partial charge is 0.222 e. The minimum absolute atomic E-state index is 0.330. The van der Waals surface area contributed by atoms with Crippen molar-refractivity contribution in [2.24, 2.45) is 0 Å². The average Bonchev–Trinajstić information content (AvgIpc) is 3.09. The zero-order valence-electron chi connectivity index (χ0n) is 13.2. The first-order valence-corrected chi connectivity index (χ1v) is 9.55. The average molecular weight is 322 g/mol. The predicted molar refractivity (Wildman–Crippen MR) is 90.0 cm³/mol. The van der Waals surface area contributed by atoms with Gasteiger partial charge in [0.15, 0.2) is 0 Å². The number of carbonyl (C=O) groups excluding carboxylic acids is 1. The number of aryl methyl sites for hydroxylation is 1. The fourth-order valence-electron chi connectivity index (χ4n) is 3.44. The van der Waals surface area contributed by atoms with Crippen molar-refractivity contribution in [3.63, 3.8) is 0 Å². The molecule has 2 saturated heterocycles. The summed E-state index contributed by atoms with van der Waals surface area (Å²) in [6.45, 7) is 4.35. The van der Waals surface area contributed by atoms with Crippen molar-refractivity contribution >= 4 is 17.7 Å². The molecule has 1 N–H and O–H groups in total. The summed E-state index contributed by atoms with van der Waals surface area (Å²) in [7, 11) is 0. The monoisotopic (exact) mass is 322 g/mol. The van der Waals surface area contributed by atoms with E-state index in [9.17, 15) is 4.79 Å². The van der Waals surface area contributed by atoms with Gasteiger partial charge in [-0.05, 0) is 31.2 Å². The van der Waals surface area contributed by atoms with Gasteiger partial charge in [-0.15, -0.1) is 0 Å². The second-order valence-corrected chi connectivity index (χ2v) is 7.45. The van der Waals surface area contributed by atoms with Crippen molar-refractivity contribution < 1.29 is 4.79 Å². The van der Waals surface area contributed by atoms with Gasteiger partial charge in [0.2, 0.25) is 5.91 Å². The first-order valence-electron chi connectivity index (χ1n) is 8.40. The maximum atomic E-state index is 12.3. The van der Waals surface area contributed by atoms with Crippen molar-refractivity contribution in [2.75, 3.05) is 37.7 Å². The third kappa shape index (κ3) is 4.26. The number of nitrogens with one attached hydrogen (secondary N) is 1. The molecule has 0 bridgehead atoms. The van der Waals surface area contributed by atoms with Crippen LogP contribution in [0, 0.1) is 0 Å². The van der Waals surface area contributed by atoms with Crippen LogP contribution in [0.2, 0.25) is 0 Å². The Hall–Kier alpha value is -1.01. The van der Waals surface area contributed by atoms with Crippen LogP contribution in [0.15, 0.2) is 12.4 Å². The highest BCUT2D eigenvalue weighted by atomic mass is 32.2. The quantitative estimate of drug-likeness (QED) is 0.898. The van der Waals surface area contributed by atoms with Crippen molar-refractivity contribution in [3.8, 4) is 0 Å². The third-order valence-electron chi connectivity index (χ3n) is 4.79. The van der Waals surface area contributed by atoms with Gasteiger partial charge in [-0.3, -0.25) is 14.8 Å². The van der Waals surface area contributed by atoms with Gasteiger partial charge >= 0.3 is 0 Å². The van der Waals surface area contributed by atoms with E-state index in [2.05, 4.69) is 31.8 Å². The van der Waals surface area contributed by atoms with E-state index >= 15 is 0 Å². The Morgan fingerprint density at radius 2 is 2.05 bits per heavy atom. The molecule has 6 heteroatoms. The number of H-pyrrole nitrogens is 1. The van der Waals surface area contributed by atoms with E-state index in [0.29, 0.717) is 18.4 Å². The summed E-state index contributed by atoms with van der Waals surface area (Å²) >= 11 is 2.06. The number of nitrogens with zero attached hydrogens (tertiary/aromatic N) is 3. The highest BCUT2D eigenvalue weighted by Crippen LogP contribution is 2.21. The van der Waals surface area contributed by atoms with E-state index < -0.39 is 0 Å². The molecule has 0 aromatic carbocycles. The highest BCUT2D eigenvalue weighted by Gasteiger charge is 2.27. The Morgan fingerprint density at radius 1 is 1.27 bits per heavy atom. The zero-order valence-corrected chi connectivity index (χ0v) is 14.0. The lowest BCUT2D eigenvalue weighted by atomic mass is 10.0. The van der Waals surface area contributed by atoms with Crippen LogP contribution in [-0.2, 0) is 11.2 Å². The Labute approximate surface area is 136 Å². The van der Waals surface area contributed by atoms with E-state index in [1.165, 1.54) is 30.2 Å². The van der Waals surface area contributed by atoms with Crippen LogP contribution in [0.3, 0.4) is 0 Å². The molecule has 5 nitrogen and oxygen atoms in total. The molecule has 3 rings (SSSR count). The fraction of sp³-hybridized carbons (Fsp3) is 0.750. The van der Waals surface area contributed by atoms with Crippen LogP contribution < -0.4 is 0 Å². The number of thioether (sulfide) groups is 1. The van der Waals surface area contributed by atoms with E-state index in [-0.39, 0.29) is 0 Å². The molecule has 1 amide bonds. The van der Waals surface area contributed by atoms with Crippen molar-refractivity contribution in [2.45, 2.75) is 38.1 Å². The topological polar surface area (TPSA) is 52.2 Å². The summed E-state index contributed by atoms with van der Waals surface area (Å²) in [6, 6.07) is 0.705. The number of aromatic nitrogens is 2. The van der Waals surface area contributed by atoms with Crippen LogP contribution in [0.25, 0.3) is 0 Å². The normalized spacial score (nSPS) is 21.2. The largest absolute Gasteiger partial charge is 0.343 e. The number of likely N-dealkylation sites (tertiary alicyclic amines) is 1. The molecular formula is C16H26N4OS.